The minimum atomic E-state index is -3.27. The Bertz CT molecular complexity index is 954. The quantitative estimate of drug-likeness (QED) is 0.795. The van der Waals surface area contributed by atoms with Crippen molar-refractivity contribution >= 4 is 15.9 Å². The van der Waals surface area contributed by atoms with E-state index in [1.807, 2.05) is 0 Å². The number of carbonyl (C=O) groups is 1. The molecule has 1 amide bonds. The lowest BCUT2D eigenvalue weighted by molar-refractivity contribution is 0.0763. The number of aryl methyl sites for hydroxylation is 1. The first kappa shape index (κ1) is 19.5. The first-order chi connectivity index (χ1) is 12.7. The highest BCUT2D eigenvalue weighted by molar-refractivity contribution is 7.88. The molecule has 7 nitrogen and oxygen atoms in total. The SMILES string of the molecule is Cc1nn(-c2ccc(F)cc2)c(C)c1C(=O)N1CCCN(S(C)(=O)=O)CC1. The zero-order valence-electron chi connectivity index (χ0n) is 15.6. The van der Waals surface area contributed by atoms with Gasteiger partial charge in [-0.05, 0) is 44.5 Å². The Morgan fingerprint density at radius 3 is 2.37 bits per heavy atom. The van der Waals surface area contributed by atoms with Crippen LogP contribution in [0.5, 0.6) is 0 Å². The van der Waals surface area contributed by atoms with Gasteiger partial charge in [-0.1, -0.05) is 0 Å². The van der Waals surface area contributed by atoms with E-state index in [0.29, 0.717) is 48.7 Å². The van der Waals surface area contributed by atoms with E-state index in [9.17, 15) is 17.6 Å². The second-order valence-electron chi connectivity index (χ2n) is 6.74. The van der Waals surface area contributed by atoms with Gasteiger partial charge in [-0.2, -0.15) is 5.10 Å². The molecule has 3 rings (SSSR count). The van der Waals surface area contributed by atoms with Crippen LogP contribution < -0.4 is 0 Å². The lowest BCUT2D eigenvalue weighted by atomic mass is 10.1. The fraction of sp³-hybridized carbons (Fsp3) is 0.444. The molecule has 2 heterocycles. The summed E-state index contributed by atoms with van der Waals surface area (Å²) in [5.74, 6) is -0.495. The molecule has 0 spiro atoms. The van der Waals surface area contributed by atoms with Crippen molar-refractivity contribution < 1.29 is 17.6 Å². The van der Waals surface area contributed by atoms with Crippen molar-refractivity contribution in [1.29, 1.82) is 0 Å². The molecule has 1 aromatic heterocycles. The average molecular weight is 394 g/mol. The fourth-order valence-corrected chi connectivity index (χ4v) is 4.25. The van der Waals surface area contributed by atoms with E-state index in [1.54, 1.807) is 35.6 Å². The molecule has 0 atom stereocenters. The van der Waals surface area contributed by atoms with E-state index in [1.165, 1.54) is 22.7 Å². The van der Waals surface area contributed by atoms with Gasteiger partial charge in [0.2, 0.25) is 10.0 Å². The Morgan fingerprint density at radius 1 is 1.07 bits per heavy atom. The van der Waals surface area contributed by atoms with Crippen molar-refractivity contribution in [1.82, 2.24) is 19.0 Å². The molecule has 1 fully saturated rings. The Hall–Kier alpha value is -2.26. The third kappa shape index (κ3) is 4.03. The van der Waals surface area contributed by atoms with Crippen molar-refractivity contribution in [2.45, 2.75) is 20.3 Å². The van der Waals surface area contributed by atoms with Crippen molar-refractivity contribution in [2.75, 3.05) is 32.4 Å². The van der Waals surface area contributed by atoms with Gasteiger partial charge in [0.05, 0.1) is 28.9 Å². The molecule has 0 saturated carbocycles. The fourth-order valence-electron chi connectivity index (χ4n) is 3.37. The summed E-state index contributed by atoms with van der Waals surface area (Å²) in [6.45, 7) is 5.10. The van der Waals surface area contributed by atoms with Crippen LogP contribution in [0.25, 0.3) is 5.69 Å². The predicted octanol–water partition coefficient (Wildman–Crippen LogP) is 1.74. The van der Waals surface area contributed by atoms with Crippen LogP contribution in [0, 0.1) is 19.7 Å². The number of nitrogens with zero attached hydrogens (tertiary/aromatic N) is 4. The van der Waals surface area contributed by atoms with Crippen LogP contribution in [0.4, 0.5) is 4.39 Å². The first-order valence-electron chi connectivity index (χ1n) is 8.75. The number of sulfonamides is 1. The molecule has 146 valence electrons. The zero-order valence-corrected chi connectivity index (χ0v) is 16.5. The summed E-state index contributed by atoms with van der Waals surface area (Å²) in [4.78, 5) is 14.8. The molecule has 2 aromatic rings. The number of hydrogen-bond donors (Lipinski definition) is 0. The summed E-state index contributed by atoms with van der Waals surface area (Å²) in [7, 11) is -3.27. The largest absolute Gasteiger partial charge is 0.337 e. The number of aromatic nitrogens is 2. The standard InChI is InChI=1S/C18H23FN4O3S/c1-13-17(14(2)23(20-13)16-7-5-15(19)6-8-16)18(24)21-9-4-10-22(12-11-21)27(3,25)26/h5-8H,4,9-12H2,1-3H3. The average Bonchev–Trinajstić information content (AvgIpc) is 2.78. The second-order valence-corrected chi connectivity index (χ2v) is 8.72. The van der Waals surface area contributed by atoms with Crippen LogP contribution >= 0.6 is 0 Å². The van der Waals surface area contributed by atoms with Gasteiger partial charge in [-0.3, -0.25) is 4.79 Å². The van der Waals surface area contributed by atoms with E-state index < -0.39 is 10.0 Å². The van der Waals surface area contributed by atoms with Crippen LogP contribution in [0.2, 0.25) is 0 Å². The van der Waals surface area contributed by atoms with E-state index in [-0.39, 0.29) is 18.3 Å². The van der Waals surface area contributed by atoms with Gasteiger partial charge in [-0.25, -0.2) is 21.8 Å². The maximum atomic E-state index is 13.2. The van der Waals surface area contributed by atoms with E-state index in [0.717, 1.165) is 0 Å². The topological polar surface area (TPSA) is 75.5 Å². The molecule has 0 radical (unpaired) electrons. The van der Waals surface area contributed by atoms with Gasteiger partial charge in [0.15, 0.2) is 0 Å². The van der Waals surface area contributed by atoms with E-state index in [4.69, 9.17) is 0 Å². The monoisotopic (exact) mass is 394 g/mol. The van der Waals surface area contributed by atoms with Gasteiger partial charge in [-0.15, -0.1) is 0 Å². The van der Waals surface area contributed by atoms with Gasteiger partial charge in [0, 0.05) is 26.2 Å². The molecule has 1 aliphatic rings. The number of amides is 1. The van der Waals surface area contributed by atoms with Crippen LogP contribution in [0.3, 0.4) is 0 Å². The summed E-state index contributed by atoms with van der Waals surface area (Å²) in [5, 5.41) is 4.44. The number of benzene rings is 1. The van der Waals surface area contributed by atoms with E-state index >= 15 is 0 Å². The Kier molecular flexibility index (Phi) is 5.34. The van der Waals surface area contributed by atoms with Gasteiger partial charge < -0.3 is 4.90 Å². The minimum Gasteiger partial charge on any atom is -0.337 e. The van der Waals surface area contributed by atoms with Gasteiger partial charge in [0.25, 0.3) is 5.91 Å². The van der Waals surface area contributed by atoms with Gasteiger partial charge >= 0.3 is 0 Å². The summed E-state index contributed by atoms with van der Waals surface area (Å²) in [6, 6.07) is 5.92. The number of rotatable bonds is 3. The highest BCUT2D eigenvalue weighted by atomic mass is 32.2. The normalized spacial score (nSPS) is 16.4. The molecule has 1 saturated heterocycles. The van der Waals surface area contributed by atoms with Crippen LogP contribution in [0.1, 0.15) is 28.2 Å². The third-order valence-electron chi connectivity index (χ3n) is 4.79. The highest BCUT2D eigenvalue weighted by Gasteiger charge is 2.28. The Balaban J connectivity index is 1.86. The lowest BCUT2D eigenvalue weighted by Gasteiger charge is -2.21. The second kappa shape index (κ2) is 7.40. The molecule has 0 N–H and O–H groups in total. The molecule has 1 aromatic carbocycles. The van der Waals surface area contributed by atoms with E-state index in [2.05, 4.69) is 5.10 Å². The minimum absolute atomic E-state index is 0.159. The molecule has 0 aliphatic carbocycles. The molecule has 9 heteroatoms. The molecule has 27 heavy (non-hydrogen) atoms. The van der Waals surface area contributed by atoms with Crippen molar-refractivity contribution in [3.05, 3.63) is 47.0 Å². The molecule has 0 bridgehead atoms. The first-order valence-corrected chi connectivity index (χ1v) is 10.6. The van der Waals surface area contributed by atoms with Crippen LogP contribution in [-0.2, 0) is 10.0 Å². The zero-order chi connectivity index (χ0) is 19.8. The molecular formula is C18H23FN4O3S. The molecule has 1 aliphatic heterocycles. The number of carbonyl (C=O) groups excluding carboxylic acids is 1. The summed E-state index contributed by atoms with van der Waals surface area (Å²) < 4.78 is 39.7. The summed E-state index contributed by atoms with van der Waals surface area (Å²) in [6.07, 6.45) is 1.77. The Labute approximate surface area is 158 Å². The van der Waals surface area contributed by atoms with Crippen LogP contribution in [-0.4, -0.2) is 65.7 Å². The molecular weight excluding hydrogens is 371 g/mol. The number of halogens is 1. The van der Waals surface area contributed by atoms with Crippen molar-refractivity contribution in [3.8, 4) is 5.69 Å². The van der Waals surface area contributed by atoms with Crippen molar-refractivity contribution in [3.63, 3.8) is 0 Å². The van der Waals surface area contributed by atoms with Crippen molar-refractivity contribution in [2.24, 2.45) is 0 Å². The maximum Gasteiger partial charge on any atom is 0.257 e. The third-order valence-corrected chi connectivity index (χ3v) is 6.09. The smallest absolute Gasteiger partial charge is 0.257 e. The van der Waals surface area contributed by atoms with Crippen LogP contribution in [0.15, 0.2) is 24.3 Å². The molecule has 0 unspecified atom stereocenters. The summed E-state index contributed by atoms with van der Waals surface area (Å²) in [5.41, 5.74) is 2.45. The van der Waals surface area contributed by atoms with Gasteiger partial charge in [0.1, 0.15) is 5.82 Å². The predicted molar refractivity (Wildman–Crippen MR) is 99.9 cm³/mol. The lowest BCUT2D eigenvalue weighted by Crippen LogP contribution is -2.37. The maximum absolute atomic E-state index is 13.2. The highest BCUT2D eigenvalue weighted by Crippen LogP contribution is 2.21. The Morgan fingerprint density at radius 2 is 1.74 bits per heavy atom. The summed E-state index contributed by atoms with van der Waals surface area (Å²) >= 11 is 0. The number of hydrogen-bond acceptors (Lipinski definition) is 4.